The van der Waals surface area contributed by atoms with Gasteiger partial charge >= 0.3 is 0 Å². The van der Waals surface area contributed by atoms with Crippen molar-refractivity contribution in [1.29, 1.82) is 0 Å². The van der Waals surface area contributed by atoms with Crippen molar-refractivity contribution in [3.63, 3.8) is 0 Å². The van der Waals surface area contributed by atoms with Gasteiger partial charge in [0, 0.05) is 0 Å². The molecule has 0 heterocycles. The Morgan fingerprint density at radius 1 is 1.29 bits per heavy atom. The quantitative estimate of drug-likeness (QED) is 0.643. The van der Waals surface area contributed by atoms with Gasteiger partial charge in [-0.25, -0.2) is 8.78 Å². The van der Waals surface area contributed by atoms with Crippen LogP contribution in [0.15, 0.2) is 18.2 Å². The van der Waals surface area contributed by atoms with Crippen LogP contribution in [0.3, 0.4) is 0 Å². The predicted octanol–water partition coefficient (Wildman–Crippen LogP) is 3.65. The molecule has 76 valence electrons. The van der Waals surface area contributed by atoms with E-state index in [1.165, 1.54) is 18.6 Å². The maximum atomic E-state index is 13.0. The summed E-state index contributed by atoms with van der Waals surface area (Å²) < 4.78 is 25.8. The van der Waals surface area contributed by atoms with Gasteiger partial charge in [0.25, 0.3) is 0 Å². The molecule has 14 heavy (non-hydrogen) atoms. The molecule has 0 saturated heterocycles. The number of hydrogen-bond donors (Lipinski definition) is 0. The predicted molar refractivity (Wildman–Crippen MR) is 52.1 cm³/mol. The fourth-order valence-corrected chi connectivity index (χ4v) is 2.15. The van der Waals surface area contributed by atoms with Gasteiger partial charge in [-0.05, 0) is 41.9 Å². The van der Waals surface area contributed by atoms with Gasteiger partial charge in [-0.15, -0.1) is 0 Å². The lowest BCUT2D eigenvalue weighted by atomic mass is 9.59. The number of halogens is 2. The van der Waals surface area contributed by atoms with Gasteiger partial charge < -0.3 is 0 Å². The first-order chi connectivity index (χ1) is 6.54. The molecule has 1 aromatic rings. The van der Waals surface area contributed by atoms with Crippen LogP contribution >= 0.6 is 0 Å². The molecule has 1 aliphatic carbocycles. The molecule has 0 bridgehead atoms. The summed E-state index contributed by atoms with van der Waals surface area (Å²) in [6.07, 6.45) is 2.24. The van der Waals surface area contributed by atoms with Gasteiger partial charge in [0.05, 0.1) is 0 Å². The van der Waals surface area contributed by atoms with Crippen LogP contribution in [0, 0.1) is 17.6 Å². The molecule has 1 saturated carbocycles. The van der Waals surface area contributed by atoms with Gasteiger partial charge in [0.2, 0.25) is 0 Å². The fourth-order valence-electron chi connectivity index (χ4n) is 2.15. The minimum absolute atomic E-state index is 0.0501. The van der Waals surface area contributed by atoms with Crippen molar-refractivity contribution in [2.45, 2.75) is 32.1 Å². The highest BCUT2D eigenvalue weighted by Gasteiger charge is 2.41. The molecular weight excluding hydrogens is 182 g/mol. The minimum Gasteiger partial charge on any atom is -0.204 e. The van der Waals surface area contributed by atoms with Crippen LogP contribution in [-0.4, -0.2) is 0 Å². The molecule has 0 radical (unpaired) electrons. The largest absolute Gasteiger partial charge is 0.204 e. The maximum Gasteiger partial charge on any atom is 0.159 e. The first-order valence-corrected chi connectivity index (χ1v) is 4.99. The molecule has 0 aromatic heterocycles. The first kappa shape index (κ1) is 9.63. The second-order valence-corrected chi connectivity index (χ2v) is 4.49. The molecule has 0 spiro atoms. The minimum atomic E-state index is -0.760. The van der Waals surface area contributed by atoms with Crippen molar-refractivity contribution in [2.24, 2.45) is 5.92 Å². The molecule has 1 unspecified atom stereocenters. The summed E-state index contributed by atoms with van der Waals surface area (Å²) in [5.41, 5.74) is 0.976. The Morgan fingerprint density at radius 2 is 2.00 bits per heavy atom. The Balaban J connectivity index is 2.37. The average Bonchev–Trinajstić information content (AvgIpc) is 2.18. The highest BCUT2D eigenvalue weighted by atomic mass is 19.2. The lowest BCUT2D eigenvalue weighted by Crippen LogP contribution is -2.39. The second kappa shape index (κ2) is 3.04. The van der Waals surface area contributed by atoms with E-state index >= 15 is 0 Å². The van der Waals surface area contributed by atoms with Crippen molar-refractivity contribution >= 4 is 0 Å². The molecule has 2 atom stereocenters. The van der Waals surface area contributed by atoms with Crippen molar-refractivity contribution in [2.75, 3.05) is 0 Å². The summed E-state index contributed by atoms with van der Waals surface area (Å²) in [7, 11) is 0. The van der Waals surface area contributed by atoms with E-state index in [2.05, 4.69) is 13.8 Å². The molecule has 0 amide bonds. The van der Waals surface area contributed by atoms with E-state index in [4.69, 9.17) is 0 Å². The Hall–Kier alpha value is -0.920. The third-order valence-electron chi connectivity index (χ3n) is 3.76. The van der Waals surface area contributed by atoms with Gasteiger partial charge in [-0.3, -0.25) is 0 Å². The zero-order chi connectivity index (χ0) is 10.3. The Morgan fingerprint density at radius 3 is 2.43 bits per heavy atom. The molecular formula is C12H14F2. The van der Waals surface area contributed by atoms with E-state index in [9.17, 15) is 8.78 Å². The van der Waals surface area contributed by atoms with Crippen molar-refractivity contribution in [3.05, 3.63) is 35.4 Å². The van der Waals surface area contributed by atoms with Gasteiger partial charge in [0.15, 0.2) is 11.6 Å². The molecule has 2 heteroatoms. The molecule has 0 N–H and O–H groups in total. The van der Waals surface area contributed by atoms with Gasteiger partial charge in [-0.2, -0.15) is 0 Å². The van der Waals surface area contributed by atoms with Gasteiger partial charge in [-0.1, -0.05) is 19.9 Å². The summed E-state index contributed by atoms with van der Waals surface area (Å²) >= 11 is 0. The van der Waals surface area contributed by atoms with Crippen LogP contribution in [0.25, 0.3) is 0 Å². The van der Waals surface area contributed by atoms with E-state index in [0.717, 1.165) is 12.0 Å². The number of rotatable bonds is 1. The summed E-state index contributed by atoms with van der Waals surface area (Å²) in [6, 6.07) is 4.26. The summed E-state index contributed by atoms with van der Waals surface area (Å²) in [6.45, 7) is 4.28. The van der Waals surface area contributed by atoms with E-state index < -0.39 is 11.6 Å². The van der Waals surface area contributed by atoms with E-state index in [-0.39, 0.29) is 5.41 Å². The van der Waals surface area contributed by atoms with E-state index in [1.807, 2.05) is 0 Å². The third-order valence-corrected chi connectivity index (χ3v) is 3.76. The van der Waals surface area contributed by atoms with Crippen LogP contribution in [-0.2, 0) is 5.41 Å². The standard InChI is InChI=1S/C12H14F2/c1-8-5-6-12(8,2)9-3-4-10(13)11(14)7-9/h3-4,7-8H,5-6H2,1-2H3/t8?,12-/m1/s1. The monoisotopic (exact) mass is 196 g/mol. The normalized spacial score (nSPS) is 31.3. The van der Waals surface area contributed by atoms with Crippen molar-refractivity contribution in [1.82, 2.24) is 0 Å². The Kier molecular flexibility index (Phi) is 2.09. The zero-order valence-corrected chi connectivity index (χ0v) is 8.48. The van der Waals surface area contributed by atoms with E-state index in [1.54, 1.807) is 6.07 Å². The SMILES string of the molecule is CC1CC[C@@]1(C)c1ccc(F)c(F)c1. The first-order valence-electron chi connectivity index (χ1n) is 4.99. The Bertz CT molecular complexity index is 359. The maximum absolute atomic E-state index is 13.0. The topological polar surface area (TPSA) is 0 Å². The molecule has 1 aromatic carbocycles. The highest BCUT2D eigenvalue weighted by molar-refractivity contribution is 5.29. The third kappa shape index (κ3) is 1.24. The molecule has 1 fully saturated rings. The highest BCUT2D eigenvalue weighted by Crippen LogP contribution is 2.48. The molecule has 1 aliphatic rings. The summed E-state index contributed by atoms with van der Waals surface area (Å²) in [5, 5.41) is 0. The second-order valence-electron chi connectivity index (χ2n) is 4.49. The van der Waals surface area contributed by atoms with Crippen LogP contribution in [0.4, 0.5) is 8.78 Å². The van der Waals surface area contributed by atoms with Crippen LogP contribution in [0.2, 0.25) is 0 Å². The zero-order valence-electron chi connectivity index (χ0n) is 8.48. The smallest absolute Gasteiger partial charge is 0.159 e. The summed E-state index contributed by atoms with van der Waals surface area (Å²) in [4.78, 5) is 0. The average molecular weight is 196 g/mol. The van der Waals surface area contributed by atoms with Crippen LogP contribution < -0.4 is 0 Å². The lowest BCUT2D eigenvalue weighted by molar-refractivity contribution is 0.159. The van der Waals surface area contributed by atoms with Crippen LogP contribution in [0.1, 0.15) is 32.3 Å². The molecule has 0 nitrogen and oxygen atoms in total. The van der Waals surface area contributed by atoms with Gasteiger partial charge in [0.1, 0.15) is 0 Å². The van der Waals surface area contributed by atoms with Crippen molar-refractivity contribution < 1.29 is 8.78 Å². The number of hydrogen-bond acceptors (Lipinski definition) is 0. The van der Waals surface area contributed by atoms with Crippen molar-refractivity contribution in [3.8, 4) is 0 Å². The number of benzene rings is 1. The van der Waals surface area contributed by atoms with E-state index in [0.29, 0.717) is 5.92 Å². The Labute approximate surface area is 82.9 Å². The lowest BCUT2D eigenvalue weighted by Gasteiger charge is -2.46. The molecule has 2 rings (SSSR count). The molecule has 0 aliphatic heterocycles. The fraction of sp³-hybridized carbons (Fsp3) is 0.500. The van der Waals surface area contributed by atoms with Crippen LogP contribution in [0.5, 0.6) is 0 Å². The summed E-state index contributed by atoms with van der Waals surface area (Å²) in [5.74, 6) is -0.931.